The van der Waals surface area contributed by atoms with Gasteiger partial charge in [-0.1, -0.05) is 5.16 Å². The van der Waals surface area contributed by atoms with E-state index in [0.717, 1.165) is 0 Å². The molecule has 0 bridgehead atoms. The van der Waals surface area contributed by atoms with Gasteiger partial charge in [0, 0.05) is 19.0 Å². The van der Waals surface area contributed by atoms with Gasteiger partial charge in [-0.05, 0) is 13.8 Å². The summed E-state index contributed by atoms with van der Waals surface area (Å²) in [7, 11) is 1.51. The average molecular weight is 198 g/mol. The Morgan fingerprint density at radius 1 is 1.64 bits per heavy atom. The molecule has 6 nitrogen and oxygen atoms in total. The van der Waals surface area contributed by atoms with Crippen LogP contribution in [0.25, 0.3) is 0 Å². The van der Waals surface area contributed by atoms with E-state index in [1.165, 1.54) is 7.05 Å². The maximum Gasteiger partial charge on any atom is 0.292 e. The second-order valence-electron chi connectivity index (χ2n) is 3.76. The molecule has 0 saturated heterocycles. The zero-order valence-electron chi connectivity index (χ0n) is 8.50. The molecule has 1 aromatic rings. The Morgan fingerprint density at radius 3 is 2.79 bits per heavy atom. The fraction of sp³-hybridized carbons (Fsp3) is 0.625. The zero-order valence-corrected chi connectivity index (χ0v) is 8.50. The first-order valence-electron chi connectivity index (χ1n) is 4.26. The number of nitrogens with one attached hydrogen (secondary N) is 1. The van der Waals surface area contributed by atoms with Crippen molar-refractivity contribution < 1.29 is 9.32 Å². The summed E-state index contributed by atoms with van der Waals surface area (Å²) >= 11 is 0. The van der Waals surface area contributed by atoms with E-state index in [1.54, 1.807) is 0 Å². The standard InChI is InChI=1S/C8H14N4O2/c1-8(2,9)4-5-11-6(12-14-5)7(13)10-3/h4,9H2,1-3H3,(H,10,13). The predicted octanol–water partition coefficient (Wildman–Crippen LogP) is -0.291. The lowest BCUT2D eigenvalue weighted by molar-refractivity contribution is 0.0950. The zero-order chi connectivity index (χ0) is 10.8. The van der Waals surface area contributed by atoms with Crippen molar-refractivity contribution in [2.45, 2.75) is 25.8 Å². The van der Waals surface area contributed by atoms with Crippen molar-refractivity contribution in [3.63, 3.8) is 0 Å². The van der Waals surface area contributed by atoms with E-state index < -0.39 is 5.54 Å². The highest BCUT2D eigenvalue weighted by atomic mass is 16.5. The maximum absolute atomic E-state index is 11.1. The van der Waals surface area contributed by atoms with Crippen molar-refractivity contribution in [2.24, 2.45) is 5.73 Å². The van der Waals surface area contributed by atoms with Gasteiger partial charge >= 0.3 is 0 Å². The average Bonchev–Trinajstić information content (AvgIpc) is 2.48. The molecule has 0 saturated carbocycles. The van der Waals surface area contributed by atoms with Gasteiger partial charge in [-0.2, -0.15) is 4.98 Å². The fourth-order valence-corrected chi connectivity index (χ4v) is 0.920. The van der Waals surface area contributed by atoms with Gasteiger partial charge in [-0.25, -0.2) is 0 Å². The van der Waals surface area contributed by atoms with Crippen LogP contribution >= 0.6 is 0 Å². The van der Waals surface area contributed by atoms with Crippen LogP contribution in [0.3, 0.4) is 0 Å². The normalized spacial score (nSPS) is 11.4. The van der Waals surface area contributed by atoms with Crippen LogP contribution in [0, 0.1) is 0 Å². The van der Waals surface area contributed by atoms with Gasteiger partial charge in [0.1, 0.15) is 0 Å². The Bertz CT molecular complexity index is 326. The quantitative estimate of drug-likeness (QED) is 0.696. The Morgan fingerprint density at radius 2 is 2.29 bits per heavy atom. The molecule has 0 unspecified atom stereocenters. The molecule has 1 amide bonds. The van der Waals surface area contributed by atoms with Gasteiger partial charge in [0.15, 0.2) is 0 Å². The molecule has 0 spiro atoms. The molecular formula is C8H14N4O2. The molecule has 78 valence electrons. The van der Waals surface area contributed by atoms with Crippen LogP contribution in [0.5, 0.6) is 0 Å². The summed E-state index contributed by atoms with van der Waals surface area (Å²) in [6.07, 6.45) is 0.441. The summed E-state index contributed by atoms with van der Waals surface area (Å²) in [6, 6.07) is 0. The molecular weight excluding hydrogens is 184 g/mol. The van der Waals surface area contributed by atoms with Crippen molar-refractivity contribution in [3.05, 3.63) is 11.7 Å². The van der Waals surface area contributed by atoms with E-state index in [4.69, 9.17) is 10.3 Å². The number of carbonyl (C=O) groups is 1. The largest absolute Gasteiger partial charge is 0.352 e. The van der Waals surface area contributed by atoms with Crippen molar-refractivity contribution in [1.29, 1.82) is 0 Å². The van der Waals surface area contributed by atoms with E-state index in [1.807, 2.05) is 13.8 Å². The molecule has 1 rings (SSSR count). The van der Waals surface area contributed by atoms with Crippen molar-refractivity contribution in [2.75, 3.05) is 7.05 Å². The van der Waals surface area contributed by atoms with Crippen LogP contribution in [0.1, 0.15) is 30.4 Å². The topological polar surface area (TPSA) is 94.0 Å². The predicted molar refractivity (Wildman–Crippen MR) is 49.7 cm³/mol. The first-order valence-corrected chi connectivity index (χ1v) is 4.26. The highest BCUT2D eigenvalue weighted by Gasteiger charge is 2.19. The molecule has 0 aliphatic carbocycles. The van der Waals surface area contributed by atoms with Crippen LogP contribution in [-0.2, 0) is 6.42 Å². The fourth-order valence-electron chi connectivity index (χ4n) is 0.920. The Hall–Kier alpha value is -1.43. The summed E-state index contributed by atoms with van der Waals surface area (Å²) < 4.78 is 4.86. The van der Waals surface area contributed by atoms with Crippen molar-refractivity contribution in [3.8, 4) is 0 Å². The minimum absolute atomic E-state index is 0.0340. The number of amides is 1. The van der Waals surface area contributed by atoms with Crippen LogP contribution in [0.2, 0.25) is 0 Å². The van der Waals surface area contributed by atoms with Gasteiger partial charge < -0.3 is 15.6 Å². The third kappa shape index (κ3) is 2.81. The Kier molecular flexibility index (Phi) is 2.85. The molecule has 0 radical (unpaired) electrons. The van der Waals surface area contributed by atoms with Crippen molar-refractivity contribution >= 4 is 5.91 Å². The van der Waals surface area contributed by atoms with Gasteiger partial charge in [-0.15, -0.1) is 0 Å². The highest BCUT2D eigenvalue weighted by molar-refractivity contribution is 5.89. The molecule has 14 heavy (non-hydrogen) atoms. The SMILES string of the molecule is CNC(=O)c1noc(CC(C)(C)N)n1. The van der Waals surface area contributed by atoms with E-state index in [9.17, 15) is 4.79 Å². The van der Waals surface area contributed by atoms with E-state index in [-0.39, 0.29) is 11.7 Å². The minimum atomic E-state index is -0.424. The summed E-state index contributed by atoms with van der Waals surface area (Å²) in [5.74, 6) is 0.0395. The monoisotopic (exact) mass is 198 g/mol. The first kappa shape index (κ1) is 10.6. The smallest absolute Gasteiger partial charge is 0.292 e. The lowest BCUT2D eigenvalue weighted by Crippen LogP contribution is -2.34. The van der Waals surface area contributed by atoms with E-state index >= 15 is 0 Å². The van der Waals surface area contributed by atoms with Gasteiger partial charge in [-0.3, -0.25) is 4.79 Å². The second-order valence-corrected chi connectivity index (χ2v) is 3.76. The van der Waals surface area contributed by atoms with Crippen LogP contribution in [0.4, 0.5) is 0 Å². The molecule has 1 heterocycles. The third-order valence-corrected chi connectivity index (χ3v) is 1.51. The molecule has 0 aromatic carbocycles. The number of nitrogens with zero attached hydrogens (tertiary/aromatic N) is 2. The molecule has 6 heteroatoms. The first-order chi connectivity index (χ1) is 6.42. The number of rotatable bonds is 3. The molecule has 0 aliphatic rings. The third-order valence-electron chi connectivity index (χ3n) is 1.51. The number of nitrogens with two attached hydrogens (primary N) is 1. The number of hydrogen-bond acceptors (Lipinski definition) is 5. The van der Waals surface area contributed by atoms with Gasteiger partial charge in [0.2, 0.25) is 5.89 Å². The lowest BCUT2D eigenvalue weighted by Gasteiger charge is -2.14. The Labute approximate surface area is 81.9 Å². The number of hydrogen-bond donors (Lipinski definition) is 2. The number of carbonyl (C=O) groups excluding carboxylic acids is 1. The molecule has 0 fully saturated rings. The summed E-state index contributed by atoms with van der Waals surface area (Å²) in [5, 5.41) is 5.92. The van der Waals surface area contributed by atoms with Crippen molar-refractivity contribution in [1.82, 2.24) is 15.5 Å². The van der Waals surface area contributed by atoms with Crippen LogP contribution in [-0.4, -0.2) is 28.6 Å². The molecule has 0 aliphatic heterocycles. The molecule has 0 atom stereocenters. The van der Waals surface area contributed by atoms with E-state index in [2.05, 4.69) is 15.5 Å². The summed E-state index contributed by atoms with van der Waals surface area (Å²) in [6.45, 7) is 3.69. The van der Waals surface area contributed by atoms with Crippen LogP contribution < -0.4 is 11.1 Å². The number of aromatic nitrogens is 2. The minimum Gasteiger partial charge on any atom is -0.352 e. The Balaban J connectivity index is 2.74. The summed E-state index contributed by atoms with van der Waals surface area (Å²) in [5.41, 5.74) is 5.33. The van der Waals surface area contributed by atoms with Gasteiger partial charge in [0.25, 0.3) is 11.7 Å². The van der Waals surface area contributed by atoms with E-state index in [0.29, 0.717) is 12.3 Å². The second kappa shape index (κ2) is 3.75. The lowest BCUT2D eigenvalue weighted by atomic mass is 10.0. The highest BCUT2D eigenvalue weighted by Crippen LogP contribution is 2.07. The van der Waals surface area contributed by atoms with Gasteiger partial charge in [0.05, 0.1) is 0 Å². The summed E-state index contributed by atoms with van der Waals surface area (Å²) in [4.78, 5) is 15.0. The maximum atomic E-state index is 11.1. The molecule has 3 N–H and O–H groups in total. The molecule has 1 aromatic heterocycles. The van der Waals surface area contributed by atoms with Crippen LogP contribution in [0.15, 0.2) is 4.52 Å².